The number of halogens is 1. The molecule has 0 radical (unpaired) electrons. The molecule has 2 amide bonds. The van der Waals surface area contributed by atoms with Crippen molar-refractivity contribution in [3.05, 3.63) is 64.7 Å². The lowest BCUT2D eigenvalue weighted by Gasteiger charge is -2.38. The molecule has 1 unspecified atom stereocenters. The van der Waals surface area contributed by atoms with Crippen molar-refractivity contribution < 1.29 is 9.59 Å². The molecule has 1 aliphatic rings. The van der Waals surface area contributed by atoms with Crippen LogP contribution in [0.15, 0.2) is 48.5 Å². The summed E-state index contributed by atoms with van der Waals surface area (Å²) in [5.74, 6) is -0.246. The van der Waals surface area contributed by atoms with Crippen molar-refractivity contribution >= 4 is 29.1 Å². The van der Waals surface area contributed by atoms with Crippen molar-refractivity contribution in [3.63, 3.8) is 0 Å². The van der Waals surface area contributed by atoms with Crippen LogP contribution in [0.5, 0.6) is 0 Å². The highest BCUT2D eigenvalue weighted by Gasteiger charge is 2.31. The maximum absolute atomic E-state index is 13.1. The number of aryl methyl sites for hydroxylation is 1. The van der Waals surface area contributed by atoms with Gasteiger partial charge in [0, 0.05) is 31.7 Å². The van der Waals surface area contributed by atoms with E-state index in [9.17, 15) is 9.59 Å². The predicted octanol–water partition coefficient (Wildman–Crippen LogP) is 3.75. The van der Waals surface area contributed by atoms with E-state index in [1.54, 1.807) is 12.1 Å². The van der Waals surface area contributed by atoms with Crippen LogP contribution in [-0.2, 0) is 4.79 Å². The summed E-state index contributed by atoms with van der Waals surface area (Å²) in [5.41, 5.74) is 2.65. The van der Waals surface area contributed by atoms with Crippen LogP contribution in [0, 0.1) is 12.8 Å². The van der Waals surface area contributed by atoms with E-state index in [-0.39, 0.29) is 17.7 Å². The normalized spacial score (nSPS) is 15.3. The van der Waals surface area contributed by atoms with Gasteiger partial charge in [-0.15, -0.1) is 0 Å². The summed E-state index contributed by atoms with van der Waals surface area (Å²) in [5, 5.41) is 3.66. The molecular formula is C23H28ClN3O2. The Balaban J connectivity index is 1.63. The summed E-state index contributed by atoms with van der Waals surface area (Å²) in [6.07, 6.45) is 0. The van der Waals surface area contributed by atoms with Gasteiger partial charge in [-0.3, -0.25) is 9.59 Å². The minimum atomic E-state index is -0.546. The highest BCUT2D eigenvalue weighted by Crippen LogP contribution is 2.26. The van der Waals surface area contributed by atoms with E-state index in [0.717, 1.165) is 16.3 Å². The van der Waals surface area contributed by atoms with Gasteiger partial charge in [-0.2, -0.15) is 0 Å². The van der Waals surface area contributed by atoms with Crippen LogP contribution in [0.2, 0.25) is 5.02 Å². The Hall–Kier alpha value is -2.53. The molecule has 1 atom stereocenters. The van der Waals surface area contributed by atoms with E-state index >= 15 is 0 Å². The van der Waals surface area contributed by atoms with Gasteiger partial charge in [-0.1, -0.05) is 55.3 Å². The van der Waals surface area contributed by atoms with Crippen LogP contribution >= 0.6 is 11.6 Å². The fourth-order valence-electron chi connectivity index (χ4n) is 3.52. The van der Waals surface area contributed by atoms with E-state index in [0.29, 0.717) is 31.7 Å². The molecule has 154 valence electrons. The Morgan fingerprint density at radius 3 is 2.17 bits per heavy atom. The van der Waals surface area contributed by atoms with E-state index in [1.165, 1.54) is 0 Å². The number of amides is 2. The second kappa shape index (κ2) is 9.31. The molecule has 2 aromatic carbocycles. The number of para-hydroxylation sites is 1. The molecule has 1 heterocycles. The molecule has 0 bridgehead atoms. The van der Waals surface area contributed by atoms with Crippen molar-refractivity contribution in [2.75, 3.05) is 31.1 Å². The fraction of sp³-hybridized carbons (Fsp3) is 0.391. The van der Waals surface area contributed by atoms with Gasteiger partial charge in [0.25, 0.3) is 5.91 Å². The third-order valence-corrected chi connectivity index (χ3v) is 5.64. The Bertz CT molecular complexity index is 859. The average Bonchev–Trinajstić information content (AvgIpc) is 2.72. The number of piperazine rings is 1. The van der Waals surface area contributed by atoms with Crippen LogP contribution < -0.4 is 10.2 Å². The lowest BCUT2D eigenvalue weighted by Crippen LogP contribution is -2.56. The zero-order valence-corrected chi connectivity index (χ0v) is 17.9. The van der Waals surface area contributed by atoms with Gasteiger partial charge in [0.1, 0.15) is 6.04 Å². The van der Waals surface area contributed by atoms with Crippen LogP contribution in [0.4, 0.5) is 5.69 Å². The first kappa shape index (κ1) is 21.2. The summed E-state index contributed by atoms with van der Waals surface area (Å²) >= 11 is 6.30. The van der Waals surface area contributed by atoms with Crippen LogP contribution in [0.1, 0.15) is 29.8 Å². The first-order valence-corrected chi connectivity index (χ1v) is 10.4. The van der Waals surface area contributed by atoms with Crippen LogP contribution in [-0.4, -0.2) is 48.9 Å². The van der Waals surface area contributed by atoms with E-state index in [1.807, 2.05) is 62.1 Å². The molecule has 0 spiro atoms. The van der Waals surface area contributed by atoms with Crippen molar-refractivity contribution in [3.8, 4) is 0 Å². The number of benzene rings is 2. The van der Waals surface area contributed by atoms with Gasteiger partial charge < -0.3 is 15.1 Å². The molecular weight excluding hydrogens is 386 g/mol. The lowest BCUT2D eigenvalue weighted by molar-refractivity contribution is -0.134. The molecule has 1 N–H and O–H groups in total. The average molecular weight is 414 g/mol. The molecule has 1 saturated heterocycles. The minimum Gasteiger partial charge on any atom is -0.367 e. The Morgan fingerprint density at radius 1 is 0.966 bits per heavy atom. The number of carbonyl (C=O) groups excluding carboxylic acids is 2. The second-order valence-electron chi connectivity index (χ2n) is 7.82. The topological polar surface area (TPSA) is 52.7 Å². The first-order chi connectivity index (χ1) is 13.9. The van der Waals surface area contributed by atoms with Crippen molar-refractivity contribution in [1.82, 2.24) is 10.2 Å². The smallest absolute Gasteiger partial charge is 0.251 e. The molecule has 29 heavy (non-hydrogen) atoms. The zero-order valence-electron chi connectivity index (χ0n) is 17.2. The van der Waals surface area contributed by atoms with Gasteiger partial charge in [-0.25, -0.2) is 0 Å². The Labute approximate surface area is 177 Å². The highest BCUT2D eigenvalue weighted by atomic mass is 35.5. The van der Waals surface area contributed by atoms with Crippen LogP contribution in [0.25, 0.3) is 0 Å². The molecule has 0 saturated carbocycles. The quantitative estimate of drug-likeness (QED) is 0.812. The number of rotatable bonds is 5. The third-order valence-electron chi connectivity index (χ3n) is 5.32. The van der Waals surface area contributed by atoms with E-state index < -0.39 is 6.04 Å². The van der Waals surface area contributed by atoms with Gasteiger partial charge in [0.05, 0.1) is 10.7 Å². The van der Waals surface area contributed by atoms with Gasteiger partial charge in [-0.05, 0) is 37.1 Å². The lowest BCUT2D eigenvalue weighted by atomic mass is 10.0. The van der Waals surface area contributed by atoms with Gasteiger partial charge in [0.15, 0.2) is 0 Å². The summed E-state index contributed by atoms with van der Waals surface area (Å²) in [4.78, 5) is 29.8. The van der Waals surface area contributed by atoms with E-state index in [4.69, 9.17) is 11.6 Å². The van der Waals surface area contributed by atoms with Crippen molar-refractivity contribution in [1.29, 1.82) is 0 Å². The molecule has 2 aromatic rings. The summed E-state index contributed by atoms with van der Waals surface area (Å²) in [6.45, 7) is 8.53. The van der Waals surface area contributed by atoms with Gasteiger partial charge in [0.2, 0.25) is 5.91 Å². The monoisotopic (exact) mass is 413 g/mol. The maximum Gasteiger partial charge on any atom is 0.251 e. The number of carbonyl (C=O) groups is 2. The second-order valence-corrected chi connectivity index (χ2v) is 8.23. The van der Waals surface area contributed by atoms with Crippen molar-refractivity contribution in [2.24, 2.45) is 5.92 Å². The predicted molar refractivity (Wildman–Crippen MR) is 118 cm³/mol. The third kappa shape index (κ3) is 5.10. The standard InChI is InChI=1S/C23H28ClN3O2/c1-16(2)21(25-22(28)18-10-8-17(3)9-11-18)23(29)27-14-12-26(13-15-27)20-7-5-4-6-19(20)24/h4-11,16,21H,12-15H2,1-3H3,(H,25,28). The fourth-order valence-corrected chi connectivity index (χ4v) is 3.77. The van der Waals surface area contributed by atoms with Gasteiger partial charge >= 0.3 is 0 Å². The molecule has 6 heteroatoms. The molecule has 0 aliphatic carbocycles. The molecule has 0 aromatic heterocycles. The molecule has 5 nitrogen and oxygen atoms in total. The SMILES string of the molecule is Cc1ccc(C(=O)NC(C(=O)N2CCN(c3ccccc3Cl)CC2)C(C)C)cc1. The molecule has 1 fully saturated rings. The number of nitrogens with one attached hydrogen (secondary N) is 1. The van der Waals surface area contributed by atoms with Crippen LogP contribution in [0.3, 0.4) is 0 Å². The van der Waals surface area contributed by atoms with E-state index in [2.05, 4.69) is 10.2 Å². The summed E-state index contributed by atoms with van der Waals surface area (Å²) < 4.78 is 0. The highest BCUT2D eigenvalue weighted by molar-refractivity contribution is 6.33. The zero-order chi connectivity index (χ0) is 21.0. The number of hydrogen-bond donors (Lipinski definition) is 1. The molecule has 1 aliphatic heterocycles. The first-order valence-electron chi connectivity index (χ1n) is 10.0. The molecule has 3 rings (SSSR count). The number of nitrogens with zero attached hydrogens (tertiary/aromatic N) is 2. The van der Waals surface area contributed by atoms with Crippen molar-refractivity contribution in [2.45, 2.75) is 26.8 Å². The maximum atomic E-state index is 13.1. The Kier molecular flexibility index (Phi) is 6.80. The summed E-state index contributed by atoms with van der Waals surface area (Å²) in [6, 6.07) is 14.6. The summed E-state index contributed by atoms with van der Waals surface area (Å²) in [7, 11) is 0. The Morgan fingerprint density at radius 2 is 1.59 bits per heavy atom. The number of hydrogen-bond acceptors (Lipinski definition) is 3. The minimum absolute atomic E-state index is 0.00139. The largest absolute Gasteiger partial charge is 0.367 e. The number of anilines is 1.